The summed E-state index contributed by atoms with van der Waals surface area (Å²) in [4.78, 5) is 0. The van der Waals surface area contributed by atoms with E-state index in [1.54, 1.807) is 6.92 Å². The number of alkyl halides is 2. The van der Waals surface area contributed by atoms with Gasteiger partial charge in [-0.2, -0.15) is 4.39 Å². The lowest BCUT2D eigenvalue weighted by Gasteiger charge is -2.36. The third-order valence-corrected chi connectivity index (χ3v) is 7.13. The monoisotopic (exact) mass is 542 g/mol. The Morgan fingerprint density at radius 1 is 0.684 bits per heavy atom. The summed E-state index contributed by atoms with van der Waals surface area (Å²) in [5, 5.41) is 0. The van der Waals surface area contributed by atoms with E-state index in [-0.39, 0.29) is 18.9 Å². The van der Waals surface area contributed by atoms with E-state index in [0.29, 0.717) is 12.8 Å². The molecule has 1 fully saturated rings. The molecule has 0 N–H and O–H groups in total. The molecule has 9 heteroatoms. The first-order chi connectivity index (χ1) is 18.0. The Kier molecular flexibility index (Phi) is 8.04. The standard InChI is InChI=1S/C29H26F8O/c1-3-5-15-6-12-21(29(36,37)14-15)20-10-9-18(25(32)27(20)34)16-7-8-17(24(31)23(16)30)19-11-13-22(38-4-2)28(35)26(19)33/h7-11,13,15,21H,3-6,12,14H2,1-2H3. The predicted octanol–water partition coefficient (Wildman–Crippen LogP) is 9.57. The molecule has 3 aromatic carbocycles. The van der Waals surface area contributed by atoms with E-state index in [2.05, 4.69) is 0 Å². The second-order valence-electron chi connectivity index (χ2n) is 9.54. The second kappa shape index (κ2) is 10.9. The summed E-state index contributed by atoms with van der Waals surface area (Å²) in [7, 11) is 0. The molecule has 204 valence electrons. The third-order valence-electron chi connectivity index (χ3n) is 7.13. The van der Waals surface area contributed by atoms with E-state index in [1.165, 1.54) is 0 Å². The van der Waals surface area contributed by atoms with Crippen molar-refractivity contribution in [3.05, 3.63) is 76.9 Å². The molecule has 0 amide bonds. The molecule has 3 aromatic rings. The van der Waals surface area contributed by atoms with E-state index in [4.69, 9.17) is 4.74 Å². The summed E-state index contributed by atoms with van der Waals surface area (Å²) in [6, 6.07) is 5.76. The molecular formula is C29H26F8O. The molecule has 2 unspecified atom stereocenters. The van der Waals surface area contributed by atoms with Crippen LogP contribution in [0.15, 0.2) is 36.4 Å². The van der Waals surface area contributed by atoms with Gasteiger partial charge in [-0.05, 0) is 43.4 Å². The van der Waals surface area contributed by atoms with Gasteiger partial charge >= 0.3 is 0 Å². The highest BCUT2D eigenvalue weighted by Crippen LogP contribution is 2.49. The number of hydrogen-bond acceptors (Lipinski definition) is 1. The minimum atomic E-state index is -3.25. The zero-order valence-corrected chi connectivity index (χ0v) is 20.8. The summed E-state index contributed by atoms with van der Waals surface area (Å²) in [5.74, 6) is -14.7. The number of halogens is 8. The van der Waals surface area contributed by atoms with Gasteiger partial charge in [0.05, 0.1) is 12.5 Å². The fourth-order valence-electron chi connectivity index (χ4n) is 5.29. The lowest BCUT2D eigenvalue weighted by molar-refractivity contribution is -0.0745. The molecule has 4 rings (SSSR count). The molecule has 38 heavy (non-hydrogen) atoms. The molecule has 0 heterocycles. The highest BCUT2D eigenvalue weighted by atomic mass is 19.3. The largest absolute Gasteiger partial charge is 0.491 e. The molecule has 0 aromatic heterocycles. The van der Waals surface area contributed by atoms with E-state index < -0.39 is 86.7 Å². The number of ether oxygens (including phenoxy) is 1. The summed E-state index contributed by atoms with van der Waals surface area (Å²) >= 11 is 0. The topological polar surface area (TPSA) is 9.23 Å². The summed E-state index contributed by atoms with van der Waals surface area (Å²) in [5.41, 5.74) is -3.14. The van der Waals surface area contributed by atoms with Crippen LogP contribution >= 0.6 is 0 Å². The Hall–Kier alpha value is -3.10. The molecule has 1 aliphatic carbocycles. The van der Waals surface area contributed by atoms with Gasteiger partial charge in [0.15, 0.2) is 34.8 Å². The average molecular weight is 543 g/mol. The first-order valence-electron chi connectivity index (χ1n) is 12.5. The maximum Gasteiger partial charge on any atom is 0.255 e. The van der Waals surface area contributed by atoms with Gasteiger partial charge < -0.3 is 4.74 Å². The van der Waals surface area contributed by atoms with Crippen molar-refractivity contribution in [2.45, 2.75) is 57.8 Å². The molecule has 0 aliphatic heterocycles. The molecular weight excluding hydrogens is 516 g/mol. The van der Waals surface area contributed by atoms with Crippen molar-refractivity contribution in [2.75, 3.05) is 6.61 Å². The normalized spacial score (nSPS) is 19.0. The molecule has 0 spiro atoms. The van der Waals surface area contributed by atoms with Crippen molar-refractivity contribution in [1.29, 1.82) is 0 Å². The lowest BCUT2D eigenvalue weighted by Crippen LogP contribution is -2.34. The van der Waals surface area contributed by atoms with Crippen LogP contribution < -0.4 is 4.74 Å². The van der Waals surface area contributed by atoms with Crippen LogP contribution in [-0.4, -0.2) is 12.5 Å². The minimum Gasteiger partial charge on any atom is -0.491 e. The van der Waals surface area contributed by atoms with Crippen molar-refractivity contribution < 1.29 is 39.9 Å². The van der Waals surface area contributed by atoms with Crippen LogP contribution in [0.1, 0.15) is 57.4 Å². The van der Waals surface area contributed by atoms with Gasteiger partial charge in [-0.25, -0.2) is 30.7 Å². The Balaban J connectivity index is 1.70. The van der Waals surface area contributed by atoms with Gasteiger partial charge in [-0.1, -0.05) is 44.0 Å². The number of rotatable bonds is 7. The lowest BCUT2D eigenvalue weighted by atomic mass is 9.74. The van der Waals surface area contributed by atoms with Crippen LogP contribution in [0.3, 0.4) is 0 Å². The van der Waals surface area contributed by atoms with Crippen LogP contribution in [0.2, 0.25) is 0 Å². The van der Waals surface area contributed by atoms with Crippen LogP contribution in [0.4, 0.5) is 35.1 Å². The maximum absolute atomic E-state index is 15.1. The van der Waals surface area contributed by atoms with E-state index in [0.717, 1.165) is 42.8 Å². The van der Waals surface area contributed by atoms with Crippen LogP contribution in [0.5, 0.6) is 5.75 Å². The highest BCUT2D eigenvalue weighted by Gasteiger charge is 2.47. The average Bonchev–Trinajstić information content (AvgIpc) is 2.87. The highest BCUT2D eigenvalue weighted by molar-refractivity contribution is 5.73. The van der Waals surface area contributed by atoms with Crippen molar-refractivity contribution in [1.82, 2.24) is 0 Å². The molecule has 0 radical (unpaired) electrons. The minimum absolute atomic E-state index is 0.0325. The predicted molar refractivity (Wildman–Crippen MR) is 128 cm³/mol. The van der Waals surface area contributed by atoms with E-state index >= 15 is 13.2 Å². The number of benzene rings is 3. The number of hydrogen-bond donors (Lipinski definition) is 0. The van der Waals surface area contributed by atoms with Gasteiger partial charge in [-0.15, -0.1) is 0 Å². The summed E-state index contributed by atoms with van der Waals surface area (Å²) < 4.78 is 124. The van der Waals surface area contributed by atoms with Crippen molar-refractivity contribution in [2.24, 2.45) is 5.92 Å². The molecule has 0 saturated heterocycles. The molecule has 1 nitrogen and oxygen atoms in total. The second-order valence-corrected chi connectivity index (χ2v) is 9.54. The SMILES string of the molecule is CCCC1CCC(c2ccc(-c3ccc(-c4ccc(OCC)c(F)c4F)c(F)c3F)c(F)c2F)C(F)(F)C1. The summed E-state index contributed by atoms with van der Waals surface area (Å²) in [6.07, 6.45) is 1.34. The van der Waals surface area contributed by atoms with E-state index in [9.17, 15) is 22.0 Å². The quantitative estimate of drug-likeness (QED) is 0.270. The fraction of sp³-hybridized carbons (Fsp3) is 0.379. The summed E-state index contributed by atoms with van der Waals surface area (Å²) in [6.45, 7) is 3.49. The zero-order valence-electron chi connectivity index (χ0n) is 20.8. The van der Waals surface area contributed by atoms with Gasteiger partial charge in [-0.3, -0.25) is 0 Å². The maximum atomic E-state index is 15.1. The Labute approximate surface area is 215 Å². The fourth-order valence-corrected chi connectivity index (χ4v) is 5.29. The first kappa shape index (κ1) is 27.9. The third kappa shape index (κ3) is 4.99. The van der Waals surface area contributed by atoms with Crippen molar-refractivity contribution in [3.63, 3.8) is 0 Å². The van der Waals surface area contributed by atoms with Gasteiger partial charge in [0, 0.05) is 28.7 Å². The molecule has 0 bridgehead atoms. The van der Waals surface area contributed by atoms with E-state index in [1.807, 2.05) is 6.92 Å². The molecule has 2 atom stereocenters. The first-order valence-corrected chi connectivity index (χ1v) is 12.5. The molecule has 1 aliphatic rings. The zero-order chi connectivity index (χ0) is 27.8. The van der Waals surface area contributed by atoms with Gasteiger partial charge in [0.2, 0.25) is 5.82 Å². The molecule has 1 saturated carbocycles. The van der Waals surface area contributed by atoms with Crippen LogP contribution in [0, 0.1) is 40.8 Å². The van der Waals surface area contributed by atoms with Crippen molar-refractivity contribution in [3.8, 4) is 28.0 Å². The Morgan fingerprint density at radius 2 is 1.18 bits per heavy atom. The van der Waals surface area contributed by atoms with Gasteiger partial charge in [0.1, 0.15) is 0 Å². The smallest absolute Gasteiger partial charge is 0.255 e. The van der Waals surface area contributed by atoms with Crippen LogP contribution in [-0.2, 0) is 0 Å². The Bertz CT molecular complexity index is 1340. The van der Waals surface area contributed by atoms with Crippen LogP contribution in [0.25, 0.3) is 22.3 Å². The van der Waals surface area contributed by atoms with Gasteiger partial charge in [0.25, 0.3) is 5.92 Å². The Morgan fingerprint density at radius 3 is 1.71 bits per heavy atom. The van der Waals surface area contributed by atoms with Crippen molar-refractivity contribution >= 4 is 0 Å².